The molecule has 0 aliphatic rings. The van der Waals surface area contributed by atoms with E-state index < -0.39 is 0 Å². The van der Waals surface area contributed by atoms with Gasteiger partial charge in [-0.2, -0.15) is 5.10 Å². The standard InChI is InChI=1S/C11H22N4/c1-4-5-10(7-12)8-13-11-6-9(2)14-15(11)3/h6,10,13H,4-5,7-8,12H2,1-3H3. The van der Waals surface area contributed by atoms with Crippen LogP contribution in [0.25, 0.3) is 0 Å². The second-order valence-electron chi connectivity index (χ2n) is 4.07. The lowest BCUT2D eigenvalue weighted by atomic mass is 10.0. The molecule has 0 fully saturated rings. The van der Waals surface area contributed by atoms with Crippen LogP contribution in [0.5, 0.6) is 0 Å². The zero-order valence-corrected chi connectivity index (χ0v) is 9.95. The molecule has 4 heteroatoms. The quantitative estimate of drug-likeness (QED) is 0.748. The number of aryl methyl sites for hydroxylation is 2. The second-order valence-corrected chi connectivity index (χ2v) is 4.07. The van der Waals surface area contributed by atoms with E-state index in [4.69, 9.17) is 5.73 Å². The summed E-state index contributed by atoms with van der Waals surface area (Å²) in [4.78, 5) is 0. The maximum Gasteiger partial charge on any atom is 0.124 e. The van der Waals surface area contributed by atoms with Crippen molar-refractivity contribution in [3.05, 3.63) is 11.8 Å². The molecule has 3 N–H and O–H groups in total. The summed E-state index contributed by atoms with van der Waals surface area (Å²) in [7, 11) is 1.95. The molecule has 4 nitrogen and oxygen atoms in total. The fourth-order valence-corrected chi connectivity index (χ4v) is 1.74. The van der Waals surface area contributed by atoms with Gasteiger partial charge in [-0.25, -0.2) is 0 Å². The molecule has 0 aromatic carbocycles. The van der Waals surface area contributed by atoms with Crippen LogP contribution in [0.1, 0.15) is 25.5 Å². The summed E-state index contributed by atoms with van der Waals surface area (Å²) >= 11 is 0. The minimum atomic E-state index is 0.560. The van der Waals surface area contributed by atoms with E-state index in [2.05, 4.69) is 23.4 Å². The van der Waals surface area contributed by atoms with Gasteiger partial charge in [0.05, 0.1) is 5.69 Å². The molecule has 0 bridgehead atoms. The summed E-state index contributed by atoms with van der Waals surface area (Å²) in [5, 5.41) is 7.67. The molecule has 0 aliphatic carbocycles. The SMILES string of the molecule is CCCC(CN)CNc1cc(C)nn1C. The average molecular weight is 210 g/mol. The van der Waals surface area contributed by atoms with Gasteiger partial charge in [-0.3, -0.25) is 4.68 Å². The summed E-state index contributed by atoms with van der Waals surface area (Å²) < 4.78 is 1.87. The zero-order valence-electron chi connectivity index (χ0n) is 9.95. The molecule has 0 amide bonds. The lowest BCUT2D eigenvalue weighted by molar-refractivity contribution is 0.512. The number of hydrogen-bond acceptors (Lipinski definition) is 3. The number of nitrogens with zero attached hydrogens (tertiary/aromatic N) is 2. The fraction of sp³-hybridized carbons (Fsp3) is 0.727. The number of anilines is 1. The first kappa shape index (κ1) is 12.0. The Morgan fingerprint density at radius 2 is 2.33 bits per heavy atom. The molecule has 0 saturated carbocycles. The Morgan fingerprint density at radius 1 is 1.60 bits per heavy atom. The molecule has 1 aromatic heterocycles. The molecule has 15 heavy (non-hydrogen) atoms. The molecule has 0 saturated heterocycles. The Morgan fingerprint density at radius 3 is 2.80 bits per heavy atom. The Kier molecular flexibility index (Phi) is 4.62. The first-order chi connectivity index (χ1) is 7.17. The summed E-state index contributed by atoms with van der Waals surface area (Å²) in [5.74, 6) is 1.63. The minimum Gasteiger partial charge on any atom is -0.370 e. The van der Waals surface area contributed by atoms with Gasteiger partial charge in [0.25, 0.3) is 0 Å². The third-order valence-corrected chi connectivity index (χ3v) is 2.60. The van der Waals surface area contributed by atoms with Crippen LogP contribution in [-0.2, 0) is 7.05 Å². The largest absolute Gasteiger partial charge is 0.370 e. The molecule has 0 aliphatic heterocycles. The normalized spacial score (nSPS) is 12.8. The van der Waals surface area contributed by atoms with Crippen LogP contribution in [0.2, 0.25) is 0 Å². The van der Waals surface area contributed by atoms with E-state index in [9.17, 15) is 0 Å². The van der Waals surface area contributed by atoms with Crippen molar-refractivity contribution in [2.75, 3.05) is 18.4 Å². The van der Waals surface area contributed by atoms with Crippen LogP contribution in [0.3, 0.4) is 0 Å². The Bertz CT molecular complexity index is 293. The molecule has 1 atom stereocenters. The Labute approximate surface area is 91.8 Å². The Hall–Kier alpha value is -1.03. The molecular formula is C11H22N4. The van der Waals surface area contributed by atoms with E-state index in [0.29, 0.717) is 5.92 Å². The third kappa shape index (κ3) is 3.55. The number of rotatable bonds is 6. The minimum absolute atomic E-state index is 0.560. The van der Waals surface area contributed by atoms with E-state index >= 15 is 0 Å². The van der Waals surface area contributed by atoms with Crippen LogP contribution in [0.4, 0.5) is 5.82 Å². The van der Waals surface area contributed by atoms with Gasteiger partial charge in [-0.15, -0.1) is 0 Å². The molecule has 1 aromatic rings. The van der Waals surface area contributed by atoms with Crippen LogP contribution >= 0.6 is 0 Å². The molecule has 0 spiro atoms. The molecule has 1 rings (SSSR count). The van der Waals surface area contributed by atoms with Crippen LogP contribution in [0.15, 0.2) is 6.07 Å². The molecule has 86 valence electrons. The highest BCUT2D eigenvalue weighted by Crippen LogP contribution is 2.10. The third-order valence-electron chi connectivity index (χ3n) is 2.60. The highest BCUT2D eigenvalue weighted by molar-refractivity contribution is 5.36. The van der Waals surface area contributed by atoms with Gasteiger partial charge < -0.3 is 11.1 Å². The lowest BCUT2D eigenvalue weighted by Crippen LogP contribution is -2.23. The molecular weight excluding hydrogens is 188 g/mol. The van der Waals surface area contributed by atoms with Crippen LogP contribution < -0.4 is 11.1 Å². The number of aromatic nitrogens is 2. The van der Waals surface area contributed by atoms with Crippen molar-refractivity contribution >= 4 is 5.82 Å². The van der Waals surface area contributed by atoms with Crippen LogP contribution in [-0.4, -0.2) is 22.9 Å². The molecule has 1 heterocycles. The van der Waals surface area contributed by atoms with Crippen molar-refractivity contribution in [1.82, 2.24) is 9.78 Å². The van der Waals surface area contributed by atoms with Crippen molar-refractivity contribution < 1.29 is 0 Å². The summed E-state index contributed by atoms with van der Waals surface area (Å²) in [6.07, 6.45) is 2.37. The van der Waals surface area contributed by atoms with Gasteiger partial charge in [-0.05, 0) is 25.8 Å². The highest BCUT2D eigenvalue weighted by atomic mass is 15.3. The highest BCUT2D eigenvalue weighted by Gasteiger charge is 2.07. The lowest BCUT2D eigenvalue weighted by Gasteiger charge is -2.15. The second kappa shape index (κ2) is 5.75. The fourth-order valence-electron chi connectivity index (χ4n) is 1.74. The number of hydrogen-bond donors (Lipinski definition) is 2. The van der Waals surface area contributed by atoms with E-state index in [1.54, 1.807) is 0 Å². The van der Waals surface area contributed by atoms with Crippen LogP contribution in [0, 0.1) is 12.8 Å². The topological polar surface area (TPSA) is 55.9 Å². The van der Waals surface area contributed by atoms with E-state index in [1.165, 1.54) is 12.8 Å². The summed E-state index contributed by atoms with van der Waals surface area (Å²) in [5.41, 5.74) is 6.75. The summed E-state index contributed by atoms with van der Waals surface area (Å²) in [6, 6.07) is 2.06. The number of nitrogens with two attached hydrogens (primary N) is 1. The van der Waals surface area contributed by atoms with Gasteiger partial charge in [-0.1, -0.05) is 13.3 Å². The average Bonchev–Trinajstić information content (AvgIpc) is 2.52. The first-order valence-electron chi connectivity index (χ1n) is 5.62. The predicted molar refractivity (Wildman–Crippen MR) is 63.9 cm³/mol. The maximum absolute atomic E-state index is 5.70. The van der Waals surface area contributed by atoms with Crippen molar-refractivity contribution in [3.8, 4) is 0 Å². The Balaban J connectivity index is 2.44. The van der Waals surface area contributed by atoms with Crippen molar-refractivity contribution in [1.29, 1.82) is 0 Å². The van der Waals surface area contributed by atoms with Gasteiger partial charge >= 0.3 is 0 Å². The van der Waals surface area contributed by atoms with Crippen molar-refractivity contribution in [2.45, 2.75) is 26.7 Å². The monoisotopic (exact) mass is 210 g/mol. The van der Waals surface area contributed by atoms with Gasteiger partial charge in [0.2, 0.25) is 0 Å². The van der Waals surface area contributed by atoms with E-state index in [0.717, 1.165) is 24.6 Å². The predicted octanol–water partition coefficient (Wildman–Crippen LogP) is 1.52. The van der Waals surface area contributed by atoms with Crippen molar-refractivity contribution in [2.24, 2.45) is 18.7 Å². The van der Waals surface area contributed by atoms with Gasteiger partial charge in [0.1, 0.15) is 5.82 Å². The number of nitrogens with one attached hydrogen (secondary N) is 1. The molecule has 0 radical (unpaired) electrons. The zero-order chi connectivity index (χ0) is 11.3. The maximum atomic E-state index is 5.70. The molecule has 1 unspecified atom stereocenters. The smallest absolute Gasteiger partial charge is 0.124 e. The van der Waals surface area contributed by atoms with E-state index in [1.807, 2.05) is 18.7 Å². The first-order valence-corrected chi connectivity index (χ1v) is 5.62. The van der Waals surface area contributed by atoms with Crippen molar-refractivity contribution in [3.63, 3.8) is 0 Å². The summed E-state index contributed by atoms with van der Waals surface area (Å²) in [6.45, 7) is 5.87. The van der Waals surface area contributed by atoms with E-state index in [-0.39, 0.29) is 0 Å². The van der Waals surface area contributed by atoms with Gasteiger partial charge in [0.15, 0.2) is 0 Å². The van der Waals surface area contributed by atoms with Gasteiger partial charge in [0, 0.05) is 19.7 Å².